The van der Waals surface area contributed by atoms with E-state index in [-0.39, 0.29) is 23.8 Å². The number of aromatic hydroxyl groups is 1. The van der Waals surface area contributed by atoms with Crippen LogP contribution in [0.5, 0.6) is 5.75 Å². The summed E-state index contributed by atoms with van der Waals surface area (Å²) >= 11 is 0. The number of aliphatic imine (C=N–C) groups is 1. The van der Waals surface area contributed by atoms with E-state index >= 15 is 0 Å². The Kier molecular flexibility index (Phi) is 6.00. The molecule has 3 rings (SSSR count). The van der Waals surface area contributed by atoms with E-state index in [0.717, 1.165) is 12.1 Å². The fourth-order valence-corrected chi connectivity index (χ4v) is 2.56. The molecule has 11 heteroatoms. The number of carbonyl (C=O) groups is 2. The number of carbonyl (C=O) groups excluding carboxylic acids is 2. The molecular formula is C19H16F3N5O3. The van der Waals surface area contributed by atoms with Crippen LogP contribution in [0.25, 0.3) is 0 Å². The minimum Gasteiger partial charge on any atom is -0.507 e. The first kappa shape index (κ1) is 20.8. The van der Waals surface area contributed by atoms with Gasteiger partial charge in [-0.15, -0.1) is 0 Å². The number of hydrazone groups is 1. The van der Waals surface area contributed by atoms with E-state index in [1.807, 2.05) is 0 Å². The van der Waals surface area contributed by atoms with Crippen LogP contribution in [-0.4, -0.2) is 35.1 Å². The maximum absolute atomic E-state index is 12.7. The summed E-state index contributed by atoms with van der Waals surface area (Å²) in [6.07, 6.45) is -3.58. The summed E-state index contributed by atoms with van der Waals surface area (Å²) in [4.78, 5) is 28.0. The predicted octanol–water partition coefficient (Wildman–Crippen LogP) is 2.22. The smallest absolute Gasteiger partial charge is 0.416 e. The highest BCUT2D eigenvalue weighted by atomic mass is 19.4. The molecule has 0 spiro atoms. The zero-order chi connectivity index (χ0) is 21.7. The van der Waals surface area contributed by atoms with E-state index in [4.69, 9.17) is 0 Å². The minimum absolute atomic E-state index is 0.00328. The Labute approximate surface area is 168 Å². The van der Waals surface area contributed by atoms with Crippen LogP contribution in [0.1, 0.15) is 17.5 Å². The van der Waals surface area contributed by atoms with Gasteiger partial charge in [0, 0.05) is 11.3 Å². The van der Waals surface area contributed by atoms with Gasteiger partial charge in [-0.2, -0.15) is 18.3 Å². The van der Waals surface area contributed by atoms with E-state index in [1.54, 1.807) is 18.2 Å². The number of nitrogens with one attached hydrogen (secondary N) is 3. The van der Waals surface area contributed by atoms with Crippen LogP contribution < -0.4 is 16.1 Å². The van der Waals surface area contributed by atoms with Crippen molar-refractivity contribution in [3.05, 3.63) is 59.7 Å². The molecule has 1 aliphatic rings. The molecule has 0 saturated heterocycles. The lowest BCUT2D eigenvalue weighted by atomic mass is 10.1. The molecule has 2 aromatic rings. The van der Waals surface area contributed by atoms with E-state index in [1.165, 1.54) is 24.4 Å². The number of hydrogen-bond acceptors (Lipinski definition) is 6. The summed E-state index contributed by atoms with van der Waals surface area (Å²) in [6, 6.07) is 9.57. The zero-order valence-electron chi connectivity index (χ0n) is 15.3. The summed E-state index contributed by atoms with van der Waals surface area (Å²) in [5.74, 6) is -1.21. The van der Waals surface area contributed by atoms with E-state index in [0.29, 0.717) is 5.56 Å². The molecule has 1 aliphatic heterocycles. The van der Waals surface area contributed by atoms with Gasteiger partial charge < -0.3 is 10.4 Å². The summed E-state index contributed by atoms with van der Waals surface area (Å²) in [5, 5.41) is 18.2. The minimum atomic E-state index is -4.53. The van der Waals surface area contributed by atoms with Crippen LogP contribution in [0.3, 0.4) is 0 Å². The van der Waals surface area contributed by atoms with Crippen LogP contribution in [-0.2, 0) is 15.8 Å². The molecule has 0 aliphatic carbocycles. The van der Waals surface area contributed by atoms with E-state index < -0.39 is 29.6 Å². The maximum Gasteiger partial charge on any atom is 0.416 e. The number of phenols is 1. The number of alkyl halides is 3. The van der Waals surface area contributed by atoms with E-state index in [9.17, 15) is 27.9 Å². The molecule has 156 valence electrons. The number of benzene rings is 2. The number of phenolic OH excluding ortho intramolecular Hbond substituents is 1. The van der Waals surface area contributed by atoms with Gasteiger partial charge in [0.15, 0.2) is 0 Å². The average Bonchev–Trinajstić information content (AvgIpc) is 3.02. The van der Waals surface area contributed by atoms with Gasteiger partial charge in [-0.25, -0.2) is 10.4 Å². The average molecular weight is 419 g/mol. The van der Waals surface area contributed by atoms with Crippen LogP contribution in [0, 0.1) is 0 Å². The third-order valence-corrected chi connectivity index (χ3v) is 3.99. The van der Waals surface area contributed by atoms with Crippen molar-refractivity contribution in [2.45, 2.75) is 18.6 Å². The topological polar surface area (TPSA) is 115 Å². The van der Waals surface area contributed by atoms with Crippen molar-refractivity contribution >= 4 is 29.7 Å². The Hall–Kier alpha value is -3.89. The Morgan fingerprint density at radius 2 is 2.00 bits per heavy atom. The third kappa shape index (κ3) is 5.34. The highest BCUT2D eigenvalue weighted by Crippen LogP contribution is 2.30. The highest BCUT2D eigenvalue weighted by molar-refractivity contribution is 6.07. The van der Waals surface area contributed by atoms with Crippen LogP contribution in [0.15, 0.2) is 58.6 Å². The highest BCUT2D eigenvalue weighted by Gasteiger charge is 2.31. The summed E-state index contributed by atoms with van der Waals surface area (Å²) in [7, 11) is 0. The first-order valence-electron chi connectivity index (χ1n) is 8.65. The van der Waals surface area contributed by atoms with Crippen LogP contribution >= 0.6 is 0 Å². The monoisotopic (exact) mass is 419 g/mol. The first-order valence-corrected chi connectivity index (χ1v) is 8.65. The molecule has 8 nitrogen and oxygen atoms in total. The Morgan fingerprint density at radius 3 is 2.73 bits per heavy atom. The fraction of sp³-hybridized carbons (Fsp3) is 0.158. The number of amides is 2. The van der Waals surface area contributed by atoms with Crippen LogP contribution in [0.4, 0.5) is 18.9 Å². The maximum atomic E-state index is 12.7. The van der Waals surface area contributed by atoms with Crippen molar-refractivity contribution in [3.63, 3.8) is 0 Å². The summed E-state index contributed by atoms with van der Waals surface area (Å²) < 4.78 is 38.2. The molecule has 2 aromatic carbocycles. The number of para-hydroxylation sites is 1. The molecular weight excluding hydrogens is 403 g/mol. The standard InChI is InChI=1S/C19H16F3N5O3/c20-19(21,22)12-5-3-6-13(8-12)24-16(29)9-14-17(30)26-18(25-14)27-23-10-11-4-1-2-7-15(11)28/h1-8,10,14,28H,9H2,(H,24,29)(H2,25,26,27,30)/b23-10-/t14-/m1/s1. The summed E-state index contributed by atoms with van der Waals surface area (Å²) in [5.41, 5.74) is 1.98. The van der Waals surface area contributed by atoms with Crippen molar-refractivity contribution in [2.24, 2.45) is 10.1 Å². The second kappa shape index (κ2) is 8.64. The van der Waals surface area contributed by atoms with Crippen molar-refractivity contribution in [1.29, 1.82) is 0 Å². The molecule has 0 aromatic heterocycles. The number of hydrogen-bond donors (Lipinski definition) is 4. The van der Waals surface area contributed by atoms with Crippen molar-refractivity contribution in [1.82, 2.24) is 10.7 Å². The molecule has 0 bridgehead atoms. The van der Waals surface area contributed by atoms with Gasteiger partial charge in [0.1, 0.15) is 11.8 Å². The molecule has 0 saturated carbocycles. The Morgan fingerprint density at radius 1 is 1.23 bits per heavy atom. The number of anilines is 1. The zero-order valence-corrected chi connectivity index (χ0v) is 15.3. The number of guanidine groups is 1. The fourth-order valence-electron chi connectivity index (χ4n) is 2.56. The van der Waals surface area contributed by atoms with Crippen LogP contribution in [0.2, 0.25) is 0 Å². The molecule has 1 heterocycles. The molecule has 1 atom stereocenters. The molecule has 2 amide bonds. The van der Waals surface area contributed by atoms with Gasteiger partial charge in [-0.3, -0.25) is 14.9 Å². The number of nitrogens with zero attached hydrogens (tertiary/aromatic N) is 2. The first-order chi connectivity index (χ1) is 14.2. The van der Waals surface area contributed by atoms with Gasteiger partial charge in [0.05, 0.1) is 18.2 Å². The lowest BCUT2D eigenvalue weighted by Gasteiger charge is -2.10. The molecule has 0 fully saturated rings. The second-order valence-corrected chi connectivity index (χ2v) is 6.24. The Balaban J connectivity index is 1.57. The molecule has 4 N–H and O–H groups in total. The van der Waals surface area contributed by atoms with E-state index in [2.05, 4.69) is 26.2 Å². The molecule has 30 heavy (non-hydrogen) atoms. The lowest BCUT2D eigenvalue weighted by Crippen LogP contribution is -2.35. The largest absolute Gasteiger partial charge is 0.507 e. The Bertz CT molecular complexity index is 1020. The SMILES string of the molecule is O=C(C[C@H]1N=C(N/N=C\c2ccccc2O)NC1=O)Nc1cccc(C(F)(F)F)c1. The van der Waals surface area contributed by atoms with Gasteiger partial charge in [-0.05, 0) is 30.3 Å². The van der Waals surface area contributed by atoms with Crippen molar-refractivity contribution in [2.75, 3.05) is 5.32 Å². The van der Waals surface area contributed by atoms with Crippen molar-refractivity contribution in [3.8, 4) is 5.75 Å². The van der Waals surface area contributed by atoms with Gasteiger partial charge >= 0.3 is 6.18 Å². The normalized spacial score (nSPS) is 16.3. The second-order valence-electron chi connectivity index (χ2n) is 6.24. The quantitative estimate of drug-likeness (QED) is 0.439. The van der Waals surface area contributed by atoms with Gasteiger partial charge in [0.25, 0.3) is 5.91 Å². The van der Waals surface area contributed by atoms with Gasteiger partial charge in [-0.1, -0.05) is 18.2 Å². The van der Waals surface area contributed by atoms with Gasteiger partial charge in [0.2, 0.25) is 11.9 Å². The molecule has 0 radical (unpaired) electrons. The van der Waals surface area contributed by atoms with Crippen molar-refractivity contribution < 1.29 is 27.9 Å². The lowest BCUT2D eigenvalue weighted by molar-refractivity contribution is -0.137. The summed E-state index contributed by atoms with van der Waals surface area (Å²) in [6.45, 7) is 0. The third-order valence-electron chi connectivity index (χ3n) is 3.99. The number of rotatable bonds is 5. The number of halogens is 3. The molecule has 0 unspecified atom stereocenters. The predicted molar refractivity (Wildman–Crippen MR) is 103 cm³/mol.